The second-order valence-electron chi connectivity index (χ2n) is 8.49. The number of likely N-dealkylation sites (tertiary alicyclic amines) is 1. The van der Waals surface area contributed by atoms with Crippen molar-refractivity contribution in [3.05, 3.63) is 53.8 Å². The number of carbonyl (C=O) groups excluding carboxylic acids is 1. The van der Waals surface area contributed by atoms with Crippen LogP contribution in [0.15, 0.2) is 53.7 Å². The first-order valence-electron chi connectivity index (χ1n) is 11.1. The number of aromatic nitrogens is 2. The van der Waals surface area contributed by atoms with E-state index in [0.29, 0.717) is 31.8 Å². The van der Waals surface area contributed by atoms with Crippen molar-refractivity contribution in [2.75, 3.05) is 26.2 Å². The number of rotatable bonds is 4. The predicted octanol–water partition coefficient (Wildman–Crippen LogP) is 3.50. The fraction of sp³-hybridized carbons (Fsp3) is 0.435. The van der Waals surface area contributed by atoms with Gasteiger partial charge in [0.15, 0.2) is 0 Å². The minimum atomic E-state index is -3.55. The molecule has 0 saturated carbocycles. The highest BCUT2D eigenvalue weighted by Crippen LogP contribution is 2.34. The van der Waals surface area contributed by atoms with Gasteiger partial charge in [0, 0.05) is 50.4 Å². The molecule has 168 valence electrons. The van der Waals surface area contributed by atoms with Gasteiger partial charge < -0.3 is 4.90 Å². The third kappa shape index (κ3) is 4.16. The maximum absolute atomic E-state index is 13.1. The highest BCUT2D eigenvalue weighted by Gasteiger charge is 2.35. The summed E-state index contributed by atoms with van der Waals surface area (Å²) in [6, 6.07) is 11.4. The standard InChI is InChI=1S/C23H26N4O3S2/c28-23(18-9-14-27(15-10-18)32(29,30)19-4-3-11-24-16-19)26-12-7-17(8-13-26)22-25-20-5-1-2-6-21(20)31-22/h1-6,11,16-18H,7-10,12-15H2. The number of amides is 1. The Bertz CT molecular complexity index is 1160. The lowest BCUT2D eigenvalue weighted by Gasteiger charge is -2.36. The summed E-state index contributed by atoms with van der Waals surface area (Å²) in [7, 11) is -3.55. The minimum absolute atomic E-state index is 0.102. The molecule has 0 atom stereocenters. The zero-order valence-corrected chi connectivity index (χ0v) is 19.4. The molecule has 0 N–H and O–H groups in total. The van der Waals surface area contributed by atoms with Crippen molar-refractivity contribution in [3.8, 4) is 0 Å². The number of carbonyl (C=O) groups is 1. The summed E-state index contributed by atoms with van der Waals surface area (Å²) in [4.78, 5) is 24.0. The molecule has 2 aromatic heterocycles. The summed E-state index contributed by atoms with van der Waals surface area (Å²) in [6.45, 7) is 2.23. The van der Waals surface area contributed by atoms with Crippen LogP contribution in [0.25, 0.3) is 10.2 Å². The van der Waals surface area contributed by atoms with Gasteiger partial charge in [-0.2, -0.15) is 4.31 Å². The fourth-order valence-electron chi connectivity index (χ4n) is 4.66. The van der Waals surface area contributed by atoms with Gasteiger partial charge in [-0.05, 0) is 49.9 Å². The van der Waals surface area contributed by atoms with Crippen LogP contribution in [0.3, 0.4) is 0 Å². The van der Waals surface area contributed by atoms with Gasteiger partial charge in [0.1, 0.15) is 4.90 Å². The Balaban J connectivity index is 1.16. The molecule has 0 spiro atoms. The van der Waals surface area contributed by atoms with Gasteiger partial charge in [-0.1, -0.05) is 12.1 Å². The van der Waals surface area contributed by atoms with Crippen LogP contribution in [-0.4, -0.2) is 59.7 Å². The summed E-state index contributed by atoms with van der Waals surface area (Å²) in [5, 5.41) is 1.17. The van der Waals surface area contributed by atoms with Crippen LogP contribution in [0.4, 0.5) is 0 Å². The third-order valence-corrected chi connectivity index (χ3v) is 9.62. The highest BCUT2D eigenvalue weighted by atomic mass is 32.2. The van der Waals surface area contributed by atoms with Crippen molar-refractivity contribution in [1.29, 1.82) is 0 Å². The van der Waals surface area contributed by atoms with Crippen LogP contribution in [-0.2, 0) is 14.8 Å². The topological polar surface area (TPSA) is 83.5 Å². The first kappa shape index (κ1) is 21.5. The number of piperidine rings is 2. The van der Waals surface area contributed by atoms with E-state index in [2.05, 4.69) is 17.1 Å². The van der Waals surface area contributed by atoms with Crippen LogP contribution in [0.1, 0.15) is 36.6 Å². The van der Waals surface area contributed by atoms with Crippen molar-refractivity contribution in [1.82, 2.24) is 19.2 Å². The summed E-state index contributed by atoms with van der Waals surface area (Å²) >= 11 is 1.76. The van der Waals surface area contributed by atoms with Crippen LogP contribution in [0.2, 0.25) is 0 Å². The molecule has 0 aliphatic carbocycles. The lowest BCUT2D eigenvalue weighted by atomic mass is 9.93. The Hall–Kier alpha value is -2.36. The Kier molecular flexibility index (Phi) is 5.96. The van der Waals surface area contributed by atoms with E-state index in [-0.39, 0.29) is 16.7 Å². The molecule has 4 heterocycles. The fourth-order valence-corrected chi connectivity index (χ4v) is 7.23. The second-order valence-corrected chi connectivity index (χ2v) is 11.5. The molecule has 3 aromatic rings. The van der Waals surface area contributed by atoms with E-state index in [9.17, 15) is 13.2 Å². The number of sulfonamides is 1. The molecule has 2 aliphatic rings. The molecular formula is C23H26N4O3S2. The molecule has 0 radical (unpaired) electrons. The minimum Gasteiger partial charge on any atom is -0.342 e. The maximum Gasteiger partial charge on any atom is 0.244 e. The average molecular weight is 471 g/mol. The van der Waals surface area contributed by atoms with Crippen LogP contribution < -0.4 is 0 Å². The van der Waals surface area contributed by atoms with Crippen molar-refractivity contribution in [2.24, 2.45) is 5.92 Å². The number of fused-ring (bicyclic) bond motifs is 1. The van der Waals surface area contributed by atoms with E-state index in [0.717, 1.165) is 31.4 Å². The summed E-state index contributed by atoms with van der Waals surface area (Å²) in [5.74, 6) is 0.475. The van der Waals surface area contributed by atoms with Gasteiger partial charge in [0.2, 0.25) is 15.9 Å². The van der Waals surface area contributed by atoms with Crippen molar-refractivity contribution in [2.45, 2.75) is 36.5 Å². The number of nitrogens with zero attached hydrogens (tertiary/aromatic N) is 4. The first-order valence-corrected chi connectivity index (χ1v) is 13.3. The molecule has 2 aliphatic heterocycles. The maximum atomic E-state index is 13.1. The van der Waals surface area contributed by atoms with E-state index in [1.165, 1.54) is 20.2 Å². The zero-order chi connectivity index (χ0) is 22.1. The quantitative estimate of drug-likeness (QED) is 0.583. The van der Waals surface area contributed by atoms with Gasteiger partial charge in [0.05, 0.1) is 15.2 Å². The van der Waals surface area contributed by atoms with Crippen LogP contribution in [0, 0.1) is 5.92 Å². The Morgan fingerprint density at radius 3 is 2.41 bits per heavy atom. The molecule has 7 nitrogen and oxygen atoms in total. The lowest BCUT2D eigenvalue weighted by Crippen LogP contribution is -2.46. The van der Waals surface area contributed by atoms with Crippen molar-refractivity contribution in [3.63, 3.8) is 0 Å². The monoisotopic (exact) mass is 470 g/mol. The smallest absolute Gasteiger partial charge is 0.244 e. The molecule has 0 bridgehead atoms. The van der Waals surface area contributed by atoms with Gasteiger partial charge >= 0.3 is 0 Å². The van der Waals surface area contributed by atoms with Gasteiger partial charge in [-0.25, -0.2) is 13.4 Å². The van der Waals surface area contributed by atoms with Crippen molar-refractivity contribution >= 4 is 37.5 Å². The highest BCUT2D eigenvalue weighted by molar-refractivity contribution is 7.89. The van der Waals surface area contributed by atoms with Crippen LogP contribution in [0.5, 0.6) is 0 Å². The summed E-state index contributed by atoms with van der Waals surface area (Å²) in [5.41, 5.74) is 1.05. The molecule has 9 heteroatoms. The second kappa shape index (κ2) is 8.88. The first-order chi connectivity index (χ1) is 15.5. The van der Waals surface area contributed by atoms with E-state index in [4.69, 9.17) is 4.98 Å². The van der Waals surface area contributed by atoms with E-state index >= 15 is 0 Å². The SMILES string of the molecule is O=C(C1CCN(S(=O)(=O)c2cccnc2)CC1)N1CCC(c2nc3ccccc3s2)CC1. The molecule has 32 heavy (non-hydrogen) atoms. The largest absolute Gasteiger partial charge is 0.342 e. The molecule has 2 saturated heterocycles. The predicted molar refractivity (Wildman–Crippen MR) is 124 cm³/mol. The molecule has 1 aromatic carbocycles. The number of hydrogen-bond acceptors (Lipinski definition) is 6. The zero-order valence-electron chi connectivity index (χ0n) is 17.8. The van der Waals surface area contributed by atoms with E-state index in [1.54, 1.807) is 29.7 Å². The van der Waals surface area contributed by atoms with E-state index in [1.807, 2.05) is 17.0 Å². The molecule has 1 amide bonds. The van der Waals surface area contributed by atoms with Gasteiger partial charge in [0.25, 0.3) is 0 Å². The normalized spacial score (nSPS) is 19.4. The van der Waals surface area contributed by atoms with Gasteiger partial charge in [-0.3, -0.25) is 9.78 Å². The summed E-state index contributed by atoms with van der Waals surface area (Å²) < 4.78 is 28.3. The van der Waals surface area contributed by atoms with E-state index < -0.39 is 10.0 Å². The Labute approximate surface area is 192 Å². The summed E-state index contributed by atoms with van der Waals surface area (Å²) in [6.07, 6.45) is 5.93. The average Bonchev–Trinajstić information content (AvgIpc) is 3.29. The number of thiazole rings is 1. The number of para-hydroxylation sites is 1. The number of pyridine rings is 1. The molecule has 5 rings (SSSR count). The number of benzene rings is 1. The lowest BCUT2D eigenvalue weighted by molar-refractivity contribution is -0.137. The van der Waals surface area contributed by atoms with Gasteiger partial charge in [-0.15, -0.1) is 11.3 Å². The Morgan fingerprint density at radius 2 is 1.72 bits per heavy atom. The molecule has 2 fully saturated rings. The third-order valence-electron chi connectivity index (χ3n) is 6.54. The van der Waals surface area contributed by atoms with Crippen molar-refractivity contribution < 1.29 is 13.2 Å². The molecular weight excluding hydrogens is 444 g/mol. The van der Waals surface area contributed by atoms with Crippen LogP contribution >= 0.6 is 11.3 Å². The Morgan fingerprint density at radius 1 is 0.969 bits per heavy atom. The molecule has 0 unspecified atom stereocenters. The number of hydrogen-bond donors (Lipinski definition) is 0.